The topological polar surface area (TPSA) is 36.1 Å². The lowest BCUT2D eigenvalue weighted by Crippen LogP contribution is -2.10. The van der Waals surface area contributed by atoms with Gasteiger partial charge >= 0.3 is 0 Å². The van der Waals surface area contributed by atoms with Gasteiger partial charge in [-0.15, -0.1) is 0 Å². The van der Waals surface area contributed by atoms with Crippen molar-refractivity contribution in [2.45, 2.75) is 105 Å². The molecule has 4 heterocycles. The lowest BCUT2D eigenvalue weighted by atomic mass is 9.85. The minimum absolute atomic E-state index is 0.0195. The van der Waals surface area contributed by atoms with Gasteiger partial charge < -0.3 is 18.0 Å². The van der Waals surface area contributed by atoms with Crippen LogP contribution in [-0.2, 0) is 21.7 Å². The Balaban J connectivity index is 0.955. The van der Waals surface area contributed by atoms with Gasteiger partial charge in [-0.2, -0.15) is 0 Å². The molecular formula is C78H68N2O2. The van der Waals surface area contributed by atoms with Gasteiger partial charge in [-0.1, -0.05) is 180 Å². The maximum atomic E-state index is 7.41. The molecule has 15 aromatic rings. The normalized spacial score (nSPS) is 13.1. The molecule has 0 bridgehead atoms. The average molecular weight is 1070 g/mol. The number of aromatic nitrogens is 2. The molecule has 402 valence electrons. The van der Waals surface area contributed by atoms with Crippen LogP contribution in [0.2, 0.25) is 0 Å². The molecule has 0 radical (unpaired) electrons. The van der Waals surface area contributed by atoms with Crippen LogP contribution in [0.25, 0.3) is 143 Å². The van der Waals surface area contributed by atoms with Gasteiger partial charge in [0.2, 0.25) is 0 Å². The summed E-state index contributed by atoms with van der Waals surface area (Å²) in [7, 11) is 0. The Morgan fingerprint density at radius 3 is 0.902 bits per heavy atom. The highest BCUT2D eigenvalue weighted by atomic mass is 16.3. The van der Waals surface area contributed by atoms with Crippen molar-refractivity contribution in [3.63, 3.8) is 0 Å². The smallest absolute Gasteiger partial charge is 0.144 e. The van der Waals surface area contributed by atoms with E-state index < -0.39 is 0 Å². The van der Waals surface area contributed by atoms with E-state index in [-0.39, 0.29) is 21.7 Å². The van der Waals surface area contributed by atoms with Gasteiger partial charge in [0.1, 0.15) is 22.3 Å². The molecule has 15 rings (SSSR count). The van der Waals surface area contributed by atoms with E-state index in [2.05, 4.69) is 286 Å². The zero-order chi connectivity index (χ0) is 56.5. The first-order valence-corrected chi connectivity index (χ1v) is 29.2. The molecule has 0 aliphatic rings. The monoisotopic (exact) mass is 1060 g/mol. The summed E-state index contributed by atoms with van der Waals surface area (Å²) >= 11 is 0. The second-order valence-corrected chi connectivity index (χ2v) is 27.5. The van der Waals surface area contributed by atoms with Crippen LogP contribution < -0.4 is 0 Å². The van der Waals surface area contributed by atoms with Gasteiger partial charge in [0.15, 0.2) is 0 Å². The van der Waals surface area contributed by atoms with E-state index in [0.29, 0.717) is 0 Å². The van der Waals surface area contributed by atoms with Crippen LogP contribution in [-0.4, -0.2) is 9.13 Å². The number of benzene rings is 11. The molecule has 0 spiro atoms. The van der Waals surface area contributed by atoms with Crippen LogP contribution in [0, 0.1) is 0 Å². The first-order chi connectivity index (χ1) is 39.2. The summed E-state index contributed by atoms with van der Waals surface area (Å²) in [6, 6.07) is 72.8. The van der Waals surface area contributed by atoms with Crippen molar-refractivity contribution in [3.05, 3.63) is 216 Å². The highest BCUT2D eigenvalue weighted by molar-refractivity contribution is 6.31. The fourth-order valence-corrected chi connectivity index (χ4v) is 13.2. The van der Waals surface area contributed by atoms with E-state index in [4.69, 9.17) is 8.83 Å². The molecule has 0 aliphatic heterocycles. The van der Waals surface area contributed by atoms with Crippen molar-refractivity contribution in [1.29, 1.82) is 0 Å². The molecule has 82 heavy (non-hydrogen) atoms. The molecule has 0 saturated heterocycles. The first-order valence-electron chi connectivity index (χ1n) is 29.2. The van der Waals surface area contributed by atoms with E-state index in [0.717, 1.165) is 99.1 Å². The zero-order valence-electron chi connectivity index (χ0n) is 49.2. The van der Waals surface area contributed by atoms with Crippen LogP contribution in [0.15, 0.2) is 203 Å². The van der Waals surface area contributed by atoms with E-state index in [1.165, 1.54) is 65.9 Å². The van der Waals surface area contributed by atoms with Crippen molar-refractivity contribution in [1.82, 2.24) is 9.13 Å². The highest BCUT2D eigenvalue weighted by Gasteiger charge is 2.29. The van der Waals surface area contributed by atoms with Crippen molar-refractivity contribution in [2.24, 2.45) is 0 Å². The Morgan fingerprint density at radius 1 is 0.280 bits per heavy atom. The second kappa shape index (κ2) is 17.3. The minimum atomic E-state index is 0.0195. The lowest BCUT2D eigenvalue weighted by Gasteiger charge is -2.19. The Hall–Kier alpha value is -8.86. The number of hydrogen-bond donors (Lipinski definition) is 0. The fourth-order valence-electron chi connectivity index (χ4n) is 13.2. The van der Waals surface area contributed by atoms with Crippen LogP contribution in [0.5, 0.6) is 0 Å². The summed E-state index contributed by atoms with van der Waals surface area (Å²) in [5.41, 5.74) is 20.0. The third-order valence-corrected chi connectivity index (χ3v) is 17.9. The summed E-state index contributed by atoms with van der Waals surface area (Å²) in [5.74, 6) is 0. The SMILES string of the molecule is CC(C)(C)c1ccc2c(c1)c1cc(C(C)(C)C)ccc1n2-c1ccc2cc3c(cc2c1)oc1c(-c2ccccc2)c2c(oc4cc5cc(-n6c7ccc(C(C)(C)C)cc7c7cc(C(C)(C)C)ccc76)ccc5cc42)c(-c2ccccc2)c13. The summed E-state index contributed by atoms with van der Waals surface area (Å²) < 4.78 is 19.7. The van der Waals surface area contributed by atoms with Gasteiger partial charge in [-0.25, -0.2) is 0 Å². The Morgan fingerprint density at radius 2 is 0.598 bits per heavy atom. The molecule has 0 unspecified atom stereocenters. The average Bonchev–Trinajstić information content (AvgIpc) is 2.54. The fraction of sp³-hybridized carbons (Fsp3) is 0.205. The molecule has 0 aliphatic carbocycles. The van der Waals surface area contributed by atoms with Gasteiger partial charge in [0, 0.05) is 65.6 Å². The van der Waals surface area contributed by atoms with Crippen molar-refractivity contribution < 1.29 is 8.83 Å². The Kier molecular flexibility index (Phi) is 10.6. The molecule has 11 aromatic carbocycles. The molecule has 0 fully saturated rings. The van der Waals surface area contributed by atoms with Gasteiger partial charge in [-0.05, 0) is 174 Å². The minimum Gasteiger partial charge on any atom is -0.455 e. The van der Waals surface area contributed by atoms with Crippen molar-refractivity contribution >= 4 is 109 Å². The van der Waals surface area contributed by atoms with Gasteiger partial charge in [0.25, 0.3) is 0 Å². The maximum absolute atomic E-state index is 7.41. The zero-order valence-corrected chi connectivity index (χ0v) is 49.2. The van der Waals surface area contributed by atoms with Gasteiger partial charge in [-0.3, -0.25) is 0 Å². The second-order valence-electron chi connectivity index (χ2n) is 27.5. The van der Waals surface area contributed by atoms with Crippen molar-refractivity contribution in [2.75, 3.05) is 0 Å². The third-order valence-electron chi connectivity index (χ3n) is 17.9. The van der Waals surface area contributed by atoms with Crippen LogP contribution in [0.4, 0.5) is 0 Å². The van der Waals surface area contributed by atoms with Gasteiger partial charge in [0.05, 0.1) is 22.1 Å². The molecule has 4 aromatic heterocycles. The standard InChI is InChI=1S/C78H68N2O2/c1-75(2,3)51-25-31-63-57(41-51)58-42-52(76(4,5)6)26-32-64(58)79(63)55-29-23-47-37-61-67(39-49(47)35-55)81-73-70(46-21-17-14-18-22-46)72-62-38-48-24-30-56(36-50(48)40-68(62)82-74(72)69(71(61)73)45-19-15-13-16-20-45)80-65-33-27-53(77(7,8)9)43-59(65)60-44-54(78(10,11)12)28-34-66(60)80/h13-44H,1-12H3. The molecular weight excluding hydrogens is 997 g/mol. The predicted molar refractivity (Wildman–Crippen MR) is 350 cm³/mol. The summed E-state index contributed by atoms with van der Waals surface area (Å²) in [5, 5.41) is 13.8. The summed E-state index contributed by atoms with van der Waals surface area (Å²) in [4.78, 5) is 0. The summed E-state index contributed by atoms with van der Waals surface area (Å²) in [6.07, 6.45) is 0. The van der Waals surface area contributed by atoms with Crippen LogP contribution >= 0.6 is 0 Å². The van der Waals surface area contributed by atoms with E-state index >= 15 is 0 Å². The molecule has 0 amide bonds. The maximum Gasteiger partial charge on any atom is 0.144 e. The number of nitrogens with zero attached hydrogens (tertiary/aromatic N) is 2. The molecule has 0 saturated carbocycles. The molecule has 4 heteroatoms. The van der Waals surface area contributed by atoms with E-state index in [1.807, 2.05) is 0 Å². The Labute approximate surface area is 479 Å². The largest absolute Gasteiger partial charge is 0.455 e. The predicted octanol–water partition coefficient (Wildman–Crippen LogP) is 22.5. The van der Waals surface area contributed by atoms with E-state index in [1.54, 1.807) is 0 Å². The number of furan rings is 2. The molecule has 0 N–H and O–H groups in total. The third kappa shape index (κ3) is 7.70. The van der Waals surface area contributed by atoms with Crippen LogP contribution in [0.1, 0.15) is 105 Å². The first kappa shape index (κ1) is 50.1. The quantitative estimate of drug-likeness (QED) is 0.176. The van der Waals surface area contributed by atoms with Crippen molar-refractivity contribution in [3.8, 4) is 33.6 Å². The van der Waals surface area contributed by atoms with E-state index in [9.17, 15) is 0 Å². The highest BCUT2D eigenvalue weighted by Crippen LogP contribution is 2.52. The number of hydrogen-bond acceptors (Lipinski definition) is 2. The van der Waals surface area contributed by atoms with Crippen LogP contribution in [0.3, 0.4) is 0 Å². The number of fused-ring (bicyclic) bond motifs is 14. The lowest BCUT2D eigenvalue weighted by molar-refractivity contribution is 0.590. The number of rotatable bonds is 4. The Bertz CT molecular complexity index is 4690. The molecule has 0 atom stereocenters. The summed E-state index contributed by atoms with van der Waals surface area (Å²) in [6.45, 7) is 27.6. The molecule has 4 nitrogen and oxygen atoms in total.